The van der Waals surface area contributed by atoms with E-state index < -0.39 is 6.04 Å². The highest BCUT2D eigenvalue weighted by molar-refractivity contribution is 6.01. The molecule has 5 heteroatoms. The molecule has 23 heavy (non-hydrogen) atoms. The van der Waals surface area contributed by atoms with Gasteiger partial charge in [-0.15, -0.1) is 0 Å². The molecule has 1 aliphatic rings. The molecule has 1 heterocycles. The number of halogens is 1. The molecule has 2 aromatic rings. The summed E-state index contributed by atoms with van der Waals surface area (Å²) in [5.74, 6) is -0.754. The third-order valence-corrected chi connectivity index (χ3v) is 3.86. The highest BCUT2D eigenvalue weighted by Crippen LogP contribution is 2.21. The Balaban J connectivity index is 1.60. The summed E-state index contributed by atoms with van der Waals surface area (Å²) in [7, 11) is 0. The number of carbonyl (C=O) groups is 2. The zero-order valence-electron chi connectivity index (χ0n) is 12.5. The normalized spacial score (nSPS) is 17.3. The molecule has 0 unspecified atom stereocenters. The van der Waals surface area contributed by atoms with Gasteiger partial charge < -0.3 is 10.2 Å². The monoisotopic (exact) mass is 312 g/mol. The van der Waals surface area contributed by atoms with Gasteiger partial charge in [0.15, 0.2) is 0 Å². The van der Waals surface area contributed by atoms with Crippen LogP contribution in [0.2, 0.25) is 0 Å². The van der Waals surface area contributed by atoms with Crippen molar-refractivity contribution in [1.82, 2.24) is 5.32 Å². The van der Waals surface area contributed by atoms with Crippen LogP contribution in [0.4, 0.5) is 10.1 Å². The van der Waals surface area contributed by atoms with Crippen molar-refractivity contribution in [2.45, 2.75) is 18.9 Å². The Morgan fingerprint density at radius 2 is 1.96 bits per heavy atom. The molecule has 3 rings (SSSR count). The first-order chi connectivity index (χ1) is 11.1. The van der Waals surface area contributed by atoms with Crippen LogP contribution in [0.25, 0.3) is 0 Å². The number of rotatable bonds is 4. The maximum absolute atomic E-state index is 13.1. The summed E-state index contributed by atoms with van der Waals surface area (Å²) in [6, 6.07) is 14.8. The van der Waals surface area contributed by atoms with E-state index in [1.165, 1.54) is 12.1 Å². The Morgan fingerprint density at radius 3 is 2.70 bits per heavy atom. The van der Waals surface area contributed by atoms with E-state index >= 15 is 0 Å². The number of para-hydroxylation sites is 1. The molecule has 2 aromatic carbocycles. The van der Waals surface area contributed by atoms with Crippen LogP contribution in [0.3, 0.4) is 0 Å². The number of hydrogen-bond donors (Lipinski definition) is 1. The van der Waals surface area contributed by atoms with Gasteiger partial charge in [-0.3, -0.25) is 9.59 Å². The fourth-order valence-electron chi connectivity index (χ4n) is 2.76. The molecule has 1 atom stereocenters. The van der Waals surface area contributed by atoms with Gasteiger partial charge >= 0.3 is 0 Å². The Kier molecular flexibility index (Phi) is 4.37. The van der Waals surface area contributed by atoms with Crippen LogP contribution < -0.4 is 10.2 Å². The molecule has 0 aliphatic carbocycles. The minimum atomic E-state index is -0.517. The Morgan fingerprint density at radius 1 is 1.17 bits per heavy atom. The van der Waals surface area contributed by atoms with Crippen molar-refractivity contribution in [3.8, 4) is 0 Å². The van der Waals surface area contributed by atoms with Crippen molar-refractivity contribution < 1.29 is 14.0 Å². The van der Waals surface area contributed by atoms with Crippen molar-refractivity contribution in [3.05, 3.63) is 66.0 Å². The van der Waals surface area contributed by atoms with Crippen molar-refractivity contribution in [2.75, 3.05) is 11.4 Å². The number of hydrogen-bond acceptors (Lipinski definition) is 2. The third-order valence-electron chi connectivity index (χ3n) is 3.86. The van der Waals surface area contributed by atoms with E-state index in [9.17, 15) is 14.0 Å². The molecule has 1 aliphatic heterocycles. The van der Waals surface area contributed by atoms with Crippen molar-refractivity contribution in [3.63, 3.8) is 0 Å². The predicted molar refractivity (Wildman–Crippen MR) is 85.4 cm³/mol. The molecule has 1 saturated heterocycles. The number of amides is 2. The van der Waals surface area contributed by atoms with Crippen LogP contribution in [0.1, 0.15) is 12.0 Å². The second kappa shape index (κ2) is 6.60. The first kappa shape index (κ1) is 15.2. The minimum Gasteiger partial charge on any atom is -0.344 e. The molecule has 2 amide bonds. The highest BCUT2D eigenvalue weighted by Gasteiger charge is 2.33. The largest absolute Gasteiger partial charge is 0.344 e. The number of anilines is 1. The number of nitrogens with zero attached hydrogens (tertiary/aromatic N) is 1. The van der Waals surface area contributed by atoms with Gasteiger partial charge in [0.2, 0.25) is 11.8 Å². The predicted octanol–water partition coefficient (Wildman–Crippen LogP) is 2.29. The van der Waals surface area contributed by atoms with E-state index in [2.05, 4.69) is 5.32 Å². The van der Waals surface area contributed by atoms with E-state index in [4.69, 9.17) is 0 Å². The van der Waals surface area contributed by atoms with E-state index in [1.54, 1.807) is 17.0 Å². The molecule has 0 saturated carbocycles. The summed E-state index contributed by atoms with van der Waals surface area (Å²) in [4.78, 5) is 26.1. The number of carbonyl (C=O) groups excluding carboxylic acids is 2. The van der Waals surface area contributed by atoms with Gasteiger partial charge in [-0.2, -0.15) is 0 Å². The van der Waals surface area contributed by atoms with Gasteiger partial charge in [0.1, 0.15) is 11.9 Å². The molecule has 4 nitrogen and oxygen atoms in total. The van der Waals surface area contributed by atoms with Crippen LogP contribution >= 0.6 is 0 Å². The lowest BCUT2D eigenvalue weighted by molar-refractivity contribution is -0.126. The van der Waals surface area contributed by atoms with Gasteiger partial charge in [0, 0.05) is 12.2 Å². The quantitative estimate of drug-likeness (QED) is 0.942. The number of benzene rings is 2. The molecule has 0 aromatic heterocycles. The summed E-state index contributed by atoms with van der Waals surface area (Å²) in [5.41, 5.74) is 1.42. The van der Waals surface area contributed by atoms with Crippen LogP contribution in [0.15, 0.2) is 54.6 Å². The van der Waals surface area contributed by atoms with Gasteiger partial charge in [-0.05, 0) is 36.2 Å². The highest BCUT2D eigenvalue weighted by atomic mass is 19.1. The summed E-state index contributed by atoms with van der Waals surface area (Å²) < 4.78 is 13.1. The van der Waals surface area contributed by atoms with E-state index in [0.717, 1.165) is 5.69 Å². The summed E-state index contributed by atoms with van der Waals surface area (Å²) in [5, 5.41) is 2.74. The van der Waals surface area contributed by atoms with Crippen LogP contribution in [-0.4, -0.2) is 24.4 Å². The fourth-order valence-corrected chi connectivity index (χ4v) is 2.76. The van der Waals surface area contributed by atoms with E-state index in [0.29, 0.717) is 18.5 Å². The third kappa shape index (κ3) is 3.56. The minimum absolute atomic E-state index is 0.0624. The average Bonchev–Trinajstić information content (AvgIpc) is 2.89. The van der Waals surface area contributed by atoms with Gasteiger partial charge in [-0.25, -0.2) is 4.39 Å². The maximum Gasteiger partial charge on any atom is 0.249 e. The van der Waals surface area contributed by atoms with Crippen LogP contribution in [0, 0.1) is 5.82 Å². The second-order valence-corrected chi connectivity index (χ2v) is 5.54. The van der Waals surface area contributed by atoms with Crippen LogP contribution in [0.5, 0.6) is 0 Å². The molecule has 0 radical (unpaired) electrons. The first-order valence-electron chi connectivity index (χ1n) is 7.54. The average molecular weight is 312 g/mol. The lowest BCUT2D eigenvalue weighted by Crippen LogP contribution is -2.42. The maximum atomic E-state index is 13.1. The molecular weight excluding hydrogens is 295 g/mol. The summed E-state index contributed by atoms with van der Waals surface area (Å²) >= 11 is 0. The summed E-state index contributed by atoms with van der Waals surface area (Å²) in [6.45, 7) is 0.577. The topological polar surface area (TPSA) is 49.4 Å². The number of nitrogens with one attached hydrogen (secondary N) is 1. The van der Waals surface area contributed by atoms with Gasteiger partial charge in [0.25, 0.3) is 0 Å². The molecule has 1 N–H and O–H groups in total. The van der Waals surface area contributed by atoms with Crippen LogP contribution in [-0.2, 0) is 16.0 Å². The lowest BCUT2D eigenvalue weighted by Gasteiger charge is -2.17. The van der Waals surface area contributed by atoms with Gasteiger partial charge in [-0.1, -0.05) is 30.3 Å². The Labute approximate surface area is 133 Å². The smallest absolute Gasteiger partial charge is 0.249 e. The van der Waals surface area contributed by atoms with E-state index in [-0.39, 0.29) is 24.1 Å². The molecule has 0 spiro atoms. The SMILES string of the molecule is O=C(Cc1cccc(F)c1)N[C@@H]1CCN(c2ccccc2)C1=O. The zero-order valence-corrected chi connectivity index (χ0v) is 12.5. The van der Waals surface area contributed by atoms with Crippen molar-refractivity contribution in [2.24, 2.45) is 0 Å². The molecule has 118 valence electrons. The Hall–Kier alpha value is -2.69. The summed E-state index contributed by atoms with van der Waals surface area (Å²) in [6.07, 6.45) is 0.634. The molecule has 0 bridgehead atoms. The molecular formula is C18H17FN2O2. The van der Waals surface area contributed by atoms with Crippen molar-refractivity contribution in [1.29, 1.82) is 0 Å². The standard InChI is InChI=1S/C18H17FN2O2/c19-14-6-4-5-13(11-14)12-17(22)20-16-9-10-21(18(16)23)15-7-2-1-3-8-15/h1-8,11,16H,9-10,12H2,(H,20,22)/t16-/m1/s1. The van der Waals surface area contributed by atoms with Gasteiger partial charge in [0.05, 0.1) is 6.42 Å². The van der Waals surface area contributed by atoms with Crippen molar-refractivity contribution >= 4 is 17.5 Å². The first-order valence-corrected chi connectivity index (χ1v) is 7.54. The lowest BCUT2D eigenvalue weighted by atomic mass is 10.1. The Bertz CT molecular complexity index is 718. The second-order valence-electron chi connectivity index (χ2n) is 5.54. The molecule has 1 fully saturated rings. The zero-order chi connectivity index (χ0) is 16.2. The van der Waals surface area contributed by atoms with E-state index in [1.807, 2.05) is 30.3 Å². The fraction of sp³-hybridized carbons (Fsp3) is 0.222.